The summed E-state index contributed by atoms with van der Waals surface area (Å²) in [4.78, 5) is 6.13. The van der Waals surface area contributed by atoms with Gasteiger partial charge in [0.2, 0.25) is 0 Å². The largest absolute Gasteiger partial charge is 0.376 e. The van der Waals surface area contributed by atoms with Gasteiger partial charge in [-0.15, -0.1) is 0 Å². The third kappa shape index (κ3) is 2.95. The number of hydrogen-bond acceptors (Lipinski definition) is 4. The minimum absolute atomic E-state index is 0.278. The lowest BCUT2D eigenvalue weighted by Crippen LogP contribution is -2.33. The van der Waals surface area contributed by atoms with E-state index in [1.807, 2.05) is 7.05 Å². The number of aromatic nitrogens is 1. The third-order valence-electron chi connectivity index (χ3n) is 3.08. The van der Waals surface area contributed by atoms with Gasteiger partial charge in [-0.25, -0.2) is 0 Å². The van der Waals surface area contributed by atoms with Gasteiger partial charge in [-0.05, 0) is 25.3 Å². The van der Waals surface area contributed by atoms with Crippen LogP contribution in [0.15, 0.2) is 18.5 Å². The average Bonchev–Trinajstić information content (AvgIpc) is 2.40. The highest BCUT2D eigenvalue weighted by Crippen LogP contribution is 2.20. The van der Waals surface area contributed by atoms with Crippen molar-refractivity contribution in [3.05, 3.63) is 24.0 Å². The van der Waals surface area contributed by atoms with E-state index in [4.69, 9.17) is 10.00 Å². The zero-order chi connectivity index (χ0) is 12.1. The van der Waals surface area contributed by atoms with Crippen LogP contribution < -0.4 is 4.90 Å². The Morgan fingerprint density at radius 3 is 3.18 bits per heavy atom. The molecule has 1 saturated heterocycles. The van der Waals surface area contributed by atoms with Crippen LogP contribution in [0.25, 0.3) is 0 Å². The molecule has 0 saturated carbocycles. The fraction of sp³-hybridized carbons (Fsp3) is 0.538. The maximum Gasteiger partial charge on any atom is 0.101 e. The minimum Gasteiger partial charge on any atom is -0.376 e. The van der Waals surface area contributed by atoms with Crippen LogP contribution in [0.1, 0.15) is 24.8 Å². The molecule has 1 unspecified atom stereocenters. The monoisotopic (exact) mass is 231 g/mol. The van der Waals surface area contributed by atoms with Crippen molar-refractivity contribution in [1.82, 2.24) is 4.98 Å². The minimum atomic E-state index is 0.278. The Labute approximate surface area is 102 Å². The molecule has 1 aromatic heterocycles. The molecule has 2 rings (SSSR count). The highest BCUT2D eigenvalue weighted by atomic mass is 16.5. The van der Waals surface area contributed by atoms with E-state index in [-0.39, 0.29) is 6.10 Å². The van der Waals surface area contributed by atoms with E-state index in [1.165, 1.54) is 6.42 Å². The lowest BCUT2D eigenvalue weighted by molar-refractivity contribution is 0.0216. The van der Waals surface area contributed by atoms with Gasteiger partial charge in [-0.1, -0.05) is 0 Å². The van der Waals surface area contributed by atoms with E-state index in [0.717, 1.165) is 31.7 Å². The van der Waals surface area contributed by atoms with Crippen molar-refractivity contribution in [3.63, 3.8) is 0 Å². The highest BCUT2D eigenvalue weighted by molar-refractivity contribution is 5.57. The molecule has 0 aromatic carbocycles. The number of hydrogen-bond donors (Lipinski definition) is 0. The lowest BCUT2D eigenvalue weighted by Gasteiger charge is -2.28. The number of nitriles is 1. The average molecular weight is 231 g/mol. The van der Waals surface area contributed by atoms with Crippen LogP contribution >= 0.6 is 0 Å². The quantitative estimate of drug-likeness (QED) is 0.798. The summed E-state index contributed by atoms with van der Waals surface area (Å²) in [5.41, 5.74) is 1.54. The van der Waals surface area contributed by atoms with Crippen LogP contribution in [0.4, 0.5) is 5.69 Å². The molecule has 17 heavy (non-hydrogen) atoms. The van der Waals surface area contributed by atoms with Gasteiger partial charge in [0.05, 0.1) is 23.6 Å². The van der Waals surface area contributed by atoms with Crippen molar-refractivity contribution in [2.24, 2.45) is 0 Å². The fourth-order valence-corrected chi connectivity index (χ4v) is 2.14. The van der Waals surface area contributed by atoms with Gasteiger partial charge >= 0.3 is 0 Å². The Morgan fingerprint density at radius 2 is 2.47 bits per heavy atom. The van der Waals surface area contributed by atoms with Crippen molar-refractivity contribution >= 4 is 5.69 Å². The number of pyridine rings is 1. The Balaban J connectivity index is 2.03. The van der Waals surface area contributed by atoms with E-state index in [9.17, 15) is 0 Å². The molecule has 0 spiro atoms. The van der Waals surface area contributed by atoms with E-state index < -0.39 is 0 Å². The standard InChI is InChI=1S/C13H17N3O/c1-16(10-12-4-2-3-7-17-12)13-9-15-6-5-11(13)8-14/h5-6,9,12H,2-4,7,10H2,1H3. The first kappa shape index (κ1) is 11.9. The first-order valence-corrected chi connectivity index (χ1v) is 5.98. The molecule has 0 aliphatic carbocycles. The summed E-state index contributed by atoms with van der Waals surface area (Å²) in [6.07, 6.45) is 7.16. The molecular weight excluding hydrogens is 214 g/mol. The predicted octanol–water partition coefficient (Wildman–Crippen LogP) is 1.96. The summed E-state index contributed by atoms with van der Waals surface area (Å²) < 4.78 is 5.70. The van der Waals surface area contributed by atoms with Gasteiger partial charge in [0, 0.05) is 26.4 Å². The van der Waals surface area contributed by atoms with Crippen LogP contribution in [0.2, 0.25) is 0 Å². The summed E-state index contributed by atoms with van der Waals surface area (Å²) in [7, 11) is 1.98. The molecule has 0 N–H and O–H groups in total. The van der Waals surface area contributed by atoms with Crippen molar-refractivity contribution in [2.45, 2.75) is 25.4 Å². The number of nitrogens with zero attached hydrogens (tertiary/aromatic N) is 3. The van der Waals surface area contributed by atoms with Crippen molar-refractivity contribution in [2.75, 3.05) is 25.1 Å². The molecule has 1 aromatic rings. The molecule has 2 heterocycles. The second-order valence-electron chi connectivity index (χ2n) is 4.37. The van der Waals surface area contributed by atoms with Gasteiger partial charge in [-0.2, -0.15) is 5.26 Å². The maximum atomic E-state index is 9.04. The molecule has 0 amide bonds. The Bertz CT molecular complexity index is 407. The Kier molecular flexibility index (Phi) is 3.94. The van der Waals surface area contributed by atoms with Crippen LogP contribution in [0.3, 0.4) is 0 Å². The Morgan fingerprint density at radius 1 is 1.59 bits per heavy atom. The number of anilines is 1. The van der Waals surface area contributed by atoms with Crippen molar-refractivity contribution in [3.8, 4) is 6.07 Å². The molecule has 4 nitrogen and oxygen atoms in total. The number of ether oxygens (including phenoxy) is 1. The smallest absolute Gasteiger partial charge is 0.101 e. The number of rotatable bonds is 3. The summed E-state index contributed by atoms with van der Waals surface area (Å²) in [6, 6.07) is 3.93. The fourth-order valence-electron chi connectivity index (χ4n) is 2.14. The molecule has 1 aliphatic heterocycles. The van der Waals surface area contributed by atoms with E-state index in [2.05, 4.69) is 16.0 Å². The number of likely N-dealkylation sites (N-methyl/N-ethyl adjacent to an activating group) is 1. The lowest BCUT2D eigenvalue weighted by atomic mass is 10.1. The van der Waals surface area contributed by atoms with Crippen LogP contribution in [-0.2, 0) is 4.74 Å². The first-order chi connectivity index (χ1) is 8.31. The zero-order valence-electron chi connectivity index (χ0n) is 10.1. The molecule has 1 aliphatic rings. The molecule has 1 atom stereocenters. The van der Waals surface area contributed by atoms with Gasteiger partial charge in [0.1, 0.15) is 6.07 Å². The predicted molar refractivity (Wildman–Crippen MR) is 65.8 cm³/mol. The van der Waals surface area contributed by atoms with Gasteiger partial charge in [0.15, 0.2) is 0 Å². The second kappa shape index (κ2) is 5.65. The molecule has 0 radical (unpaired) electrons. The molecular formula is C13H17N3O. The summed E-state index contributed by atoms with van der Waals surface area (Å²) in [6.45, 7) is 1.68. The van der Waals surface area contributed by atoms with Crippen molar-refractivity contribution < 1.29 is 4.74 Å². The summed E-state index contributed by atoms with van der Waals surface area (Å²) >= 11 is 0. The van der Waals surface area contributed by atoms with Crippen LogP contribution in [0, 0.1) is 11.3 Å². The Hall–Kier alpha value is -1.60. The van der Waals surface area contributed by atoms with Gasteiger partial charge in [0.25, 0.3) is 0 Å². The van der Waals surface area contributed by atoms with Crippen LogP contribution in [0.5, 0.6) is 0 Å². The SMILES string of the molecule is CN(CC1CCCCO1)c1cnccc1C#N. The first-order valence-electron chi connectivity index (χ1n) is 5.98. The molecule has 1 fully saturated rings. The van der Waals surface area contributed by atoms with Crippen LogP contribution in [-0.4, -0.2) is 31.3 Å². The molecule has 90 valence electrons. The normalized spacial score (nSPS) is 19.6. The van der Waals surface area contributed by atoms with Gasteiger partial charge < -0.3 is 9.64 Å². The summed E-state index contributed by atoms with van der Waals surface area (Å²) in [5, 5.41) is 9.04. The third-order valence-corrected chi connectivity index (χ3v) is 3.08. The van der Waals surface area contributed by atoms with E-state index in [1.54, 1.807) is 18.5 Å². The van der Waals surface area contributed by atoms with Gasteiger partial charge in [-0.3, -0.25) is 4.98 Å². The van der Waals surface area contributed by atoms with E-state index in [0.29, 0.717) is 5.56 Å². The summed E-state index contributed by atoms with van der Waals surface area (Å²) in [5.74, 6) is 0. The molecule has 0 bridgehead atoms. The maximum absolute atomic E-state index is 9.04. The topological polar surface area (TPSA) is 49.1 Å². The van der Waals surface area contributed by atoms with Crippen molar-refractivity contribution in [1.29, 1.82) is 5.26 Å². The zero-order valence-corrected chi connectivity index (χ0v) is 10.1. The highest BCUT2D eigenvalue weighted by Gasteiger charge is 2.17. The second-order valence-corrected chi connectivity index (χ2v) is 4.37. The van der Waals surface area contributed by atoms with E-state index >= 15 is 0 Å². The molecule has 4 heteroatoms.